The van der Waals surface area contributed by atoms with Crippen LogP contribution in [0, 0.1) is 0 Å². The van der Waals surface area contributed by atoms with Crippen molar-refractivity contribution in [2.75, 3.05) is 4.90 Å². The molecule has 0 spiro atoms. The minimum atomic E-state index is -0.0936. The van der Waals surface area contributed by atoms with E-state index >= 15 is 0 Å². The zero-order chi connectivity index (χ0) is 33.8. The summed E-state index contributed by atoms with van der Waals surface area (Å²) in [5.41, 5.74) is 16.5. The third-order valence-corrected chi connectivity index (χ3v) is 10.2. The third-order valence-electron chi connectivity index (χ3n) is 10.2. The Bertz CT molecular complexity index is 2080. The van der Waals surface area contributed by atoms with Gasteiger partial charge in [0.1, 0.15) is 0 Å². The Hall–Kier alpha value is -4.88. The van der Waals surface area contributed by atoms with E-state index < -0.39 is 0 Å². The molecule has 1 aliphatic carbocycles. The van der Waals surface area contributed by atoms with E-state index in [9.17, 15) is 0 Å². The molecule has 48 heavy (non-hydrogen) atoms. The summed E-state index contributed by atoms with van der Waals surface area (Å²) < 4.78 is 0. The Kier molecular flexibility index (Phi) is 7.71. The lowest BCUT2D eigenvalue weighted by Crippen LogP contribution is -2.18. The van der Waals surface area contributed by atoms with Crippen molar-refractivity contribution in [1.82, 2.24) is 0 Å². The quantitative estimate of drug-likeness (QED) is 0.184. The summed E-state index contributed by atoms with van der Waals surface area (Å²) in [5, 5.41) is 0. The van der Waals surface area contributed by atoms with E-state index in [0.717, 1.165) is 5.69 Å². The lowest BCUT2D eigenvalue weighted by Gasteiger charge is -2.32. The van der Waals surface area contributed by atoms with E-state index in [1.165, 1.54) is 67.0 Å². The minimum absolute atomic E-state index is 0.00617. The smallest absolute Gasteiger partial charge is 0.0542 e. The Morgan fingerprint density at radius 1 is 0.417 bits per heavy atom. The first-order valence-electron chi connectivity index (χ1n) is 17.3. The molecule has 6 aromatic rings. The molecule has 0 bridgehead atoms. The maximum atomic E-state index is 2.48. The van der Waals surface area contributed by atoms with Gasteiger partial charge in [-0.3, -0.25) is 0 Å². The van der Waals surface area contributed by atoms with Crippen LogP contribution in [0.2, 0.25) is 0 Å². The molecule has 0 aromatic heterocycles. The SMILES string of the molecule is CC(C)(C)c1ccc(-c2ccc(C(C)(C)C)cc2N(c2ccc(-c3ccccc3)cc2)c2ccc3c(c2)C(C)(C)c2ccccc2-3)cc1. The van der Waals surface area contributed by atoms with E-state index in [0.29, 0.717) is 0 Å². The van der Waals surface area contributed by atoms with Crippen LogP contribution in [-0.2, 0) is 16.2 Å². The van der Waals surface area contributed by atoms with Crippen LogP contribution in [0.15, 0.2) is 140 Å². The maximum Gasteiger partial charge on any atom is 0.0542 e. The fourth-order valence-electron chi connectivity index (χ4n) is 7.27. The minimum Gasteiger partial charge on any atom is -0.310 e. The number of nitrogens with zero attached hydrogens (tertiary/aromatic N) is 1. The lowest BCUT2D eigenvalue weighted by molar-refractivity contribution is 0.590. The first-order chi connectivity index (χ1) is 22.8. The number of fused-ring (bicyclic) bond motifs is 3. The highest BCUT2D eigenvalue weighted by Crippen LogP contribution is 2.51. The average molecular weight is 626 g/mol. The third kappa shape index (κ3) is 5.66. The number of benzene rings is 6. The first kappa shape index (κ1) is 31.7. The first-order valence-corrected chi connectivity index (χ1v) is 17.3. The maximum absolute atomic E-state index is 2.48. The highest BCUT2D eigenvalue weighted by molar-refractivity contribution is 5.91. The Morgan fingerprint density at radius 3 is 1.60 bits per heavy atom. The molecule has 7 rings (SSSR count). The molecule has 0 amide bonds. The Balaban J connectivity index is 1.46. The van der Waals surface area contributed by atoms with E-state index in [4.69, 9.17) is 0 Å². The normalized spacial score (nSPS) is 13.6. The number of hydrogen-bond acceptors (Lipinski definition) is 1. The van der Waals surface area contributed by atoms with E-state index in [2.05, 4.69) is 200 Å². The lowest BCUT2D eigenvalue weighted by atomic mass is 9.82. The average Bonchev–Trinajstić information content (AvgIpc) is 3.31. The van der Waals surface area contributed by atoms with Crippen molar-refractivity contribution >= 4 is 17.1 Å². The van der Waals surface area contributed by atoms with Gasteiger partial charge in [0.25, 0.3) is 0 Å². The van der Waals surface area contributed by atoms with Crippen LogP contribution < -0.4 is 4.90 Å². The topological polar surface area (TPSA) is 3.24 Å². The van der Waals surface area contributed by atoms with Crippen molar-refractivity contribution in [2.24, 2.45) is 0 Å². The summed E-state index contributed by atoms with van der Waals surface area (Å²) in [6, 6.07) is 52.0. The summed E-state index contributed by atoms with van der Waals surface area (Å²) >= 11 is 0. The van der Waals surface area contributed by atoms with Gasteiger partial charge in [0, 0.05) is 22.4 Å². The van der Waals surface area contributed by atoms with Crippen molar-refractivity contribution < 1.29 is 0 Å². The number of rotatable bonds is 5. The van der Waals surface area contributed by atoms with Gasteiger partial charge >= 0.3 is 0 Å². The molecule has 0 fully saturated rings. The van der Waals surface area contributed by atoms with E-state index in [-0.39, 0.29) is 16.2 Å². The van der Waals surface area contributed by atoms with Crippen LogP contribution in [0.5, 0.6) is 0 Å². The van der Waals surface area contributed by atoms with Crippen molar-refractivity contribution in [3.8, 4) is 33.4 Å². The van der Waals surface area contributed by atoms with E-state index in [1.807, 2.05) is 0 Å². The molecule has 0 N–H and O–H groups in total. The number of anilines is 3. The van der Waals surface area contributed by atoms with Gasteiger partial charge in [-0.1, -0.05) is 165 Å². The van der Waals surface area contributed by atoms with Crippen LogP contribution in [-0.4, -0.2) is 0 Å². The zero-order valence-corrected chi connectivity index (χ0v) is 29.7. The van der Waals surface area contributed by atoms with Gasteiger partial charge in [0.05, 0.1) is 5.69 Å². The summed E-state index contributed by atoms with van der Waals surface area (Å²) in [5.74, 6) is 0. The highest BCUT2D eigenvalue weighted by atomic mass is 15.1. The fraction of sp³-hybridized carbons (Fsp3) is 0.234. The Labute approximate surface area is 287 Å². The number of hydrogen-bond donors (Lipinski definition) is 0. The van der Waals surface area contributed by atoms with Gasteiger partial charge in [-0.25, -0.2) is 0 Å². The molecular formula is C47H47N. The van der Waals surface area contributed by atoms with Gasteiger partial charge in [0.2, 0.25) is 0 Å². The monoisotopic (exact) mass is 625 g/mol. The zero-order valence-electron chi connectivity index (χ0n) is 29.7. The van der Waals surface area contributed by atoms with Gasteiger partial charge in [0.15, 0.2) is 0 Å². The summed E-state index contributed by atoms with van der Waals surface area (Å²) in [4.78, 5) is 2.48. The fourth-order valence-corrected chi connectivity index (χ4v) is 7.27. The Morgan fingerprint density at radius 2 is 0.938 bits per heavy atom. The molecule has 1 aliphatic rings. The van der Waals surface area contributed by atoms with Gasteiger partial charge in [-0.05, 0) is 91.2 Å². The molecule has 0 aliphatic heterocycles. The molecule has 0 saturated carbocycles. The van der Waals surface area contributed by atoms with Crippen LogP contribution >= 0.6 is 0 Å². The largest absolute Gasteiger partial charge is 0.310 e. The second-order valence-electron chi connectivity index (χ2n) is 16.0. The second-order valence-corrected chi connectivity index (χ2v) is 16.0. The van der Waals surface area contributed by atoms with Gasteiger partial charge in [-0.15, -0.1) is 0 Å². The molecular weight excluding hydrogens is 579 g/mol. The molecule has 0 radical (unpaired) electrons. The van der Waals surface area contributed by atoms with Crippen molar-refractivity contribution in [3.63, 3.8) is 0 Å². The molecule has 0 unspecified atom stereocenters. The van der Waals surface area contributed by atoms with Crippen LogP contribution in [0.3, 0.4) is 0 Å². The molecule has 0 heterocycles. The highest BCUT2D eigenvalue weighted by Gasteiger charge is 2.36. The van der Waals surface area contributed by atoms with Crippen LogP contribution in [0.1, 0.15) is 77.6 Å². The molecule has 0 atom stereocenters. The standard InChI is InChI=1S/C47H47N/c1-45(2,3)35-22-18-34(19-23-35)39-28-24-36(46(4,5)6)30-44(39)48(37-25-20-33(21-26-37)32-14-10-9-11-15-32)38-27-29-41-40-16-12-13-17-42(40)47(7,8)43(41)31-38/h9-31H,1-8H3. The molecule has 6 aromatic carbocycles. The van der Waals surface area contributed by atoms with Crippen molar-refractivity contribution in [1.29, 1.82) is 0 Å². The molecule has 1 nitrogen and oxygen atoms in total. The summed E-state index contributed by atoms with van der Waals surface area (Å²) in [6.07, 6.45) is 0. The predicted molar refractivity (Wildman–Crippen MR) is 207 cm³/mol. The summed E-state index contributed by atoms with van der Waals surface area (Å²) in [6.45, 7) is 18.5. The molecule has 0 saturated heterocycles. The van der Waals surface area contributed by atoms with Gasteiger partial charge in [-0.2, -0.15) is 0 Å². The molecule has 1 heteroatoms. The van der Waals surface area contributed by atoms with Crippen molar-refractivity contribution in [3.05, 3.63) is 162 Å². The van der Waals surface area contributed by atoms with Crippen LogP contribution in [0.25, 0.3) is 33.4 Å². The summed E-state index contributed by atoms with van der Waals surface area (Å²) in [7, 11) is 0. The van der Waals surface area contributed by atoms with Gasteiger partial charge < -0.3 is 4.90 Å². The van der Waals surface area contributed by atoms with Crippen molar-refractivity contribution in [2.45, 2.75) is 71.6 Å². The van der Waals surface area contributed by atoms with Crippen LogP contribution in [0.4, 0.5) is 17.1 Å². The molecule has 240 valence electrons. The second kappa shape index (κ2) is 11.7. The predicted octanol–water partition coefficient (Wildman–Crippen LogP) is 13.4. The van der Waals surface area contributed by atoms with E-state index in [1.54, 1.807) is 0 Å².